The molecule has 0 aliphatic heterocycles. The lowest BCUT2D eigenvalue weighted by molar-refractivity contribution is 0.147. The highest BCUT2D eigenvalue weighted by atomic mass is 32.2. The monoisotopic (exact) mass is 859 g/mol. The van der Waals surface area contributed by atoms with Gasteiger partial charge in [0.15, 0.2) is 18.2 Å². The third kappa shape index (κ3) is 11.8. The van der Waals surface area contributed by atoms with Gasteiger partial charge in [-0.2, -0.15) is 0 Å². The minimum absolute atomic E-state index is 0.00419. The van der Waals surface area contributed by atoms with Gasteiger partial charge in [0.2, 0.25) is 0 Å². The lowest BCUT2D eigenvalue weighted by Crippen LogP contribution is -2.51. The highest BCUT2D eigenvalue weighted by Gasteiger charge is 2.50. The number of sulfone groups is 1. The summed E-state index contributed by atoms with van der Waals surface area (Å²) in [6.45, 7) is 48.3. The van der Waals surface area contributed by atoms with Crippen LogP contribution in [0.3, 0.4) is 0 Å². The van der Waals surface area contributed by atoms with E-state index in [-0.39, 0.29) is 28.7 Å². The van der Waals surface area contributed by atoms with Crippen molar-refractivity contribution in [2.75, 3.05) is 5.75 Å². The number of hydrogen-bond acceptors (Lipinski definition) is 5. The van der Waals surface area contributed by atoms with Crippen LogP contribution in [0.25, 0.3) is 0 Å². The molecule has 0 aliphatic rings. The fourth-order valence-corrected chi connectivity index (χ4v) is 22.7. The first-order valence-electron chi connectivity index (χ1n) is 22.3. The second kappa shape index (κ2) is 20.7. The van der Waals surface area contributed by atoms with Gasteiger partial charge in [0, 0.05) is 11.5 Å². The molecular weight excluding hydrogens is 773 g/mol. The van der Waals surface area contributed by atoms with Crippen molar-refractivity contribution in [3.63, 3.8) is 0 Å². The van der Waals surface area contributed by atoms with Crippen molar-refractivity contribution in [1.29, 1.82) is 0 Å². The molecule has 0 heterocycles. The van der Waals surface area contributed by atoms with E-state index < -0.39 is 34.8 Å². The fourth-order valence-electron chi connectivity index (χ4n) is 9.47. The van der Waals surface area contributed by atoms with E-state index in [1.165, 1.54) is 0 Å². The average molecular weight is 860 g/mol. The Bertz CT molecular complexity index is 1560. The molecule has 0 unspecified atom stereocenters. The van der Waals surface area contributed by atoms with Gasteiger partial charge in [-0.15, -0.1) is 6.58 Å². The largest absolute Gasteiger partial charge is 0.542 e. The summed E-state index contributed by atoms with van der Waals surface area (Å²) in [6, 6.07) is 13.5. The predicted molar refractivity (Wildman–Crippen MR) is 256 cm³/mol. The normalized spacial score (nSPS) is 15.2. The topological polar surface area (TPSA) is 61.8 Å². The maximum absolute atomic E-state index is 14.0. The van der Waals surface area contributed by atoms with Crippen LogP contribution >= 0.6 is 0 Å². The van der Waals surface area contributed by atoms with E-state index >= 15 is 0 Å². The first kappa shape index (κ1) is 51.5. The lowest BCUT2D eigenvalue weighted by Gasteiger charge is -2.46. The molecule has 9 heteroatoms. The van der Waals surface area contributed by atoms with Crippen LogP contribution in [0.2, 0.25) is 51.4 Å². The summed E-state index contributed by atoms with van der Waals surface area (Å²) in [5.74, 6) is 1.75. The third-order valence-corrected chi connectivity index (χ3v) is 31.9. The van der Waals surface area contributed by atoms with E-state index in [0.29, 0.717) is 44.6 Å². The summed E-state index contributed by atoms with van der Waals surface area (Å²) in [5.41, 5.74) is 4.16. The molecule has 2 rings (SSSR count). The van der Waals surface area contributed by atoms with Gasteiger partial charge in [-0.25, -0.2) is 8.42 Å². The molecule has 326 valence electrons. The van der Waals surface area contributed by atoms with Crippen LogP contribution in [-0.4, -0.2) is 39.1 Å². The molecule has 0 spiro atoms. The first-order chi connectivity index (χ1) is 26.2. The summed E-state index contributed by atoms with van der Waals surface area (Å²) in [4.78, 5) is 0.378. The number of rotatable bonds is 23. The second-order valence-corrected chi connectivity index (χ2v) is 38.0. The minimum Gasteiger partial charge on any atom is -0.542 e. The summed E-state index contributed by atoms with van der Waals surface area (Å²) >= 11 is 0. The Morgan fingerprint density at radius 1 is 0.702 bits per heavy atom. The third-order valence-electron chi connectivity index (χ3n) is 13.7. The van der Waals surface area contributed by atoms with Crippen molar-refractivity contribution < 1.29 is 21.7 Å². The smallest absolute Gasteiger partial charge is 0.258 e. The van der Waals surface area contributed by atoms with Crippen molar-refractivity contribution in [2.24, 2.45) is 5.92 Å². The fraction of sp³-hybridized carbons (Fsp3) is 0.708. The minimum atomic E-state index is -3.53. The van der Waals surface area contributed by atoms with Crippen molar-refractivity contribution in [1.82, 2.24) is 0 Å². The zero-order valence-electron chi connectivity index (χ0n) is 40.0. The molecule has 0 saturated heterocycles. The zero-order valence-corrected chi connectivity index (χ0v) is 43.8. The van der Waals surface area contributed by atoms with Gasteiger partial charge >= 0.3 is 0 Å². The van der Waals surface area contributed by atoms with E-state index in [0.717, 1.165) is 41.9 Å². The average Bonchev–Trinajstić information content (AvgIpc) is 3.10. The summed E-state index contributed by atoms with van der Waals surface area (Å²) in [6.07, 6.45) is 5.08. The maximum Gasteiger partial charge on any atom is 0.258 e. The lowest BCUT2D eigenvalue weighted by atomic mass is 9.87. The van der Waals surface area contributed by atoms with Crippen LogP contribution in [0.1, 0.15) is 167 Å². The Kier molecular flexibility index (Phi) is 18.7. The van der Waals surface area contributed by atoms with Gasteiger partial charge in [0.25, 0.3) is 16.6 Å². The van der Waals surface area contributed by atoms with Crippen LogP contribution in [0, 0.1) is 5.92 Å². The summed E-state index contributed by atoms with van der Waals surface area (Å²) < 4.78 is 51.2. The van der Waals surface area contributed by atoms with E-state index in [9.17, 15) is 8.42 Å². The van der Waals surface area contributed by atoms with Crippen molar-refractivity contribution in [3.05, 3.63) is 66.2 Å². The quantitative estimate of drug-likeness (QED) is 0.0823. The number of benzene rings is 2. The standard InChI is InChI=1S/C48H86O5SSi3/c1-21-23-27-41(30-31-54(49,50)43-28-25-24-26-29-43)46-44(51-56(34(3)4,35(5)6)36(7)8)32-42(47(40(15)22-2)53-55(19,20)48(16,17)18)33-45(46)52-57(37(9)10,38(11)12)39(13)14/h22,24-26,28-29,32-41,47H,2,21,23,27,30-31H2,1,3-20H3/t40-,41-,47+/m0/s1. The van der Waals surface area contributed by atoms with E-state index in [1.807, 2.05) is 24.3 Å². The molecule has 3 atom stereocenters. The Morgan fingerprint density at radius 3 is 1.47 bits per heavy atom. The highest BCUT2D eigenvalue weighted by Crippen LogP contribution is 2.52. The molecule has 0 amide bonds. The van der Waals surface area contributed by atoms with Gasteiger partial charge in [0.1, 0.15) is 11.5 Å². The Morgan fingerprint density at radius 2 is 1.12 bits per heavy atom. The molecular formula is C48H86O5SSi3. The van der Waals surface area contributed by atoms with Crippen LogP contribution in [0.5, 0.6) is 11.5 Å². The molecule has 0 aromatic heterocycles. The maximum atomic E-state index is 14.0. The highest BCUT2D eigenvalue weighted by molar-refractivity contribution is 7.91. The van der Waals surface area contributed by atoms with Crippen LogP contribution in [-0.2, 0) is 14.3 Å². The molecule has 0 bridgehead atoms. The van der Waals surface area contributed by atoms with Crippen LogP contribution in [0.4, 0.5) is 0 Å². The molecule has 0 N–H and O–H groups in total. The first-order valence-corrected chi connectivity index (χ1v) is 31.2. The van der Waals surface area contributed by atoms with E-state index in [2.05, 4.69) is 150 Å². The molecule has 57 heavy (non-hydrogen) atoms. The molecule has 0 radical (unpaired) electrons. The van der Waals surface area contributed by atoms with Gasteiger partial charge in [-0.3, -0.25) is 0 Å². The van der Waals surface area contributed by atoms with Gasteiger partial charge in [-0.05, 0) is 100.0 Å². The summed E-state index contributed by atoms with van der Waals surface area (Å²) in [5, 5.41) is 0.00419. The summed E-state index contributed by atoms with van der Waals surface area (Å²) in [7, 11) is -10.8. The molecule has 5 nitrogen and oxygen atoms in total. The molecule has 0 fully saturated rings. The van der Waals surface area contributed by atoms with E-state index in [1.54, 1.807) is 12.1 Å². The molecule has 2 aromatic rings. The number of unbranched alkanes of at least 4 members (excludes halogenated alkanes) is 1. The van der Waals surface area contributed by atoms with Crippen molar-refractivity contribution >= 4 is 34.8 Å². The van der Waals surface area contributed by atoms with E-state index in [4.69, 9.17) is 13.3 Å². The Hall–Kier alpha value is -1.66. The second-order valence-electron chi connectivity index (χ2n) is 20.4. The van der Waals surface area contributed by atoms with Gasteiger partial charge in [0.05, 0.1) is 16.8 Å². The van der Waals surface area contributed by atoms with Gasteiger partial charge in [-0.1, -0.05) is 155 Å². The zero-order chi connectivity index (χ0) is 43.9. The van der Waals surface area contributed by atoms with Crippen molar-refractivity contribution in [3.8, 4) is 11.5 Å². The predicted octanol–water partition coefficient (Wildman–Crippen LogP) is 15.8. The van der Waals surface area contributed by atoms with Crippen LogP contribution in [0.15, 0.2) is 60.0 Å². The molecule has 0 aliphatic carbocycles. The Balaban J connectivity index is 3.30. The van der Waals surface area contributed by atoms with Gasteiger partial charge < -0.3 is 13.3 Å². The SMILES string of the molecule is C=C[C@H](C)[C@@H](O[Si](C)(C)C(C)(C)C)c1cc(O[Si](C(C)C)(C(C)C)C(C)C)c([C@@H](CCCC)CCS(=O)(=O)c2ccccc2)c(O[Si](C(C)C)(C(C)C)C(C)C)c1. The number of hydrogen-bond donors (Lipinski definition) is 0. The van der Waals surface area contributed by atoms with Crippen molar-refractivity contribution in [2.45, 2.75) is 212 Å². The molecule has 0 saturated carbocycles. The Labute approximate surface area is 355 Å². The van der Waals surface area contributed by atoms with Crippen LogP contribution < -0.4 is 8.85 Å². The molecule has 2 aromatic carbocycles.